The van der Waals surface area contributed by atoms with Gasteiger partial charge in [0.1, 0.15) is 0 Å². The van der Waals surface area contributed by atoms with E-state index in [1.54, 1.807) is 43.3 Å². The number of methoxy groups -OCH3 is 1. The van der Waals surface area contributed by atoms with Crippen molar-refractivity contribution in [2.75, 3.05) is 38.4 Å². The molecule has 0 atom stereocenters. The van der Waals surface area contributed by atoms with Gasteiger partial charge in [-0.05, 0) is 50.5 Å². The molecule has 0 unspecified atom stereocenters. The topological polar surface area (TPSA) is 70.7 Å². The van der Waals surface area contributed by atoms with Crippen LogP contribution >= 0.6 is 0 Å². The summed E-state index contributed by atoms with van der Waals surface area (Å²) in [5.74, 6) is -1.33. The van der Waals surface area contributed by atoms with E-state index in [4.69, 9.17) is 4.74 Å². The number of nitrogens with one attached hydrogen (secondary N) is 2. The molecule has 2 N–H and O–H groups in total. The molecule has 0 radical (unpaired) electrons. The molecule has 0 saturated carbocycles. The Morgan fingerprint density at radius 3 is 2.20 bits per heavy atom. The van der Waals surface area contributed by atoms with E-state index in [1.807, 2.05) is 0 Å². The van der Waals surface area contributed by atoms with Crippen LogP contribution in [-0.2, 0) is 4.79 Å². The maximum absolute atomic E-state index is 13.7. The molecule has 0 aliphatic carbocycles. The highest BCUT2D eigenvalue weighted by Crippen LogP contribution is 2.23. The molecule has 7 heteroatoms. The number of halogens is 1. The lowest BCUT2D eigenvalue weighted by Gasteiger charge is -2.12. The van der Waals surface area contributed by atoms with Crippen LogP contribution in [0.2, 0.25) is 0 Å². The quantitative estimate of drug-likeness (QED) is 0.844. The lowest BCUT2D eigenvalue weighted by Crippen LogP contribution is -2.27. The van der Waals surface area contributed by atoms with Gasteiger partial charge in [0, 0.05) is 11.4 Å². The molecule has 2 rings (SSSR count). The van der Waals surface area contributed by atoms with E-state index in [1.165, 1.54) is 25.3 Å². The molecule has 0 bridgehead atoms. The van der Waals surface area contributed by atoms with Crippen LogP contribution in [0.4, 0.5) is 15.8 Å². The number of rotatable bonds is 6. The second-order valence-corrected chi connectivity index (χ2v) is 5.64. The number of nitrogens with zero attached hydrogens (tertiary/aromatic N) is 1. The van der Waals surface area contributed by atoms with Crippen molar-refractivity contribution in [2.24, 2.45) is 0 Å². The van der Waals surface area contributed by atoms with Crippen molar-refractivity contribution in [2.45, 2.75) is 0 Å². The van der Waals surface area contributed by atoms with Gasteiger partial charge >= 0.3 is 0 Å². The predicted molar refractivity (Wildman–Crippen MR) is 94.5 cm³/mol. The number of likely N-dealkylation sites (N-methyl/N-ethyl adjacent to an activating group) is 1. The van der Waals surface area contributed by atoms with Crippen LogP contribution in [0.5, 0.6) is 5.75 Å². The van der Waals surface area contributed by atoms with E-state index >= 15 is 0 Å². The Hall–Kier alpha value is -2.93. The van der Waals surface area contributed by atoms with Gasteiger partial charge in [-0.1, -0.05) is 6.07 Å². The number of amides is 2. The van der Waals surface area contributed by atoms with Crippen LogP contribution in [0.1, 0.15) is 10.4 Å². The van der Waals surface area contributed by atoms with Gasteiger partial charge in [-0.15, -0.1) is 0 Å². The van der Waals surface area contributed by atoms with E-state index in [0.29, 0.717) is 11.4 Å². The Kier molecular flexibility index (Phi) is 6.08. The summed E-state index contributed by atoms with van der Waals surface area (Å²) in [5.41, 5.74) is 1.24. The third-order valence-corrected chi connectivity index (χ3v) is 3.30. The average molecular weight is 345 g/mol. The number of ether oxygens (including phenoxy) is 1. The number of anilines is 2. The number of carbonyl (C=O) groups excluding carboxylic acids is 2. The predicted octanol–water partition coefficient (Wildman–Crippen LogP) is 2.59. The Labute approximate surface area is 145 Å². The van der Waals surface area contributed by atoms with Gasteiger partial charge in [-0.25, -0.2) is 4.39 Å². The van der Waals surface area contributed by atoms with E-state index in [0.717, 1.165) is 0 Å². The van der Waals surface area contributed by atoms with Gasteiger partial charge in [0.05, 0.1) is 19.2 Å². The second kappa shape index (κ2) is 8.25. The molecule has 0 spiro atoms. The minimum atomic E-state index is -0.603. The highest BCUT2D eigenvalue weighted by Gasteiger charge is 2.16. The van der Waals surface area contributed by atoms with Crippen LogP contribution in [0.15, 0.2) is 42.5 Å². The number of carbonyl (C=O) groups is 2. The van der Waals surface area contributed by atoms with Crippen LogP contribution in [0.3, 0.4) is 0 Å². The molecular formula is C18H20FN3O3. The SMILES string of the molecule is COc1c(F)cccc1C(=O)Nc1ccc(NC(=O)CN(C)C)cc1. The van der Waals surface area contributed by atoms with Crippen molar-refractivity contribution in [1.82, 2.24) is 4.90 Å². The van der Waals surface area contributed by atoms with E-state index in [-0.39, 0.29) is 23.8 Å². The molecule has 2 aromatic rings. The molecule has 0 aromatic heterocycles. The molecule has 2 amide bonds. The van der Waals surface area contributed by atoms with E-state index < -0.39 is 11.7 Å². The van der Waals surface area contributed by atoms with Gasteiger partial charge in [0.25, 0.3) is 5.91 Å². The highest BCUT2D eigenvalue weighted by molar-refractivity contribution is 6.06. The number of para-hydroxylation sites is 1. The van der Waals surface area contributed by atoms with Crippen molar-refractivity contribution in [3.63, 3.8) is 0 Å². The summed E-state index contributed by atoms with van der Waals surface area (Å²) in [6.45, 7) is 0.276. The first-order valence-electron chi connectivity index (χ1n) is 7.59. The van der Waals surface area contributed by atoms with Crippen LogP contribution < -0.4 is 15.4 Å². The Bertz CT molecular complexity index is 761. The van der Waals surface area contributed by atoms with Gasteiger partial charge in [0.2, 0.25) is 5.91 Å². The molecule has 25 heavy (non-hydrogen) atoms. The Morgan fingerprint density at radius 2 is 1.64 bits per heavy atom. The minimum absolute atomic E-state index is 0.103. The third kappa shape index (κ3) is 5.02. The smallest absolute Gasteiger partial charge is 0.259 e. The first-order chi connectivity index (χ1) is 11.9. The lowest BCUT2D eigenvalue weighted by molar-refractivity contribution is -0.116. The maximum atomic E-state index is 13.7. The average Bonchev–Trinajstić information content (AvgIpc) is 2.55. The summed E-state index contributed by atoms with van der Waals surface area (Å²) < 4.78 is 18.6. The van der Waals surface area contributed by atoms with Crippen molar-refractivity contribution >= 4 is 23.2 Å². The summed E-state index contributed by atoms with van der Waals surface area (Å²) >= 11 is 0. The first-order valence-corrected chi connectivity index (χ1v) is 7.59. The summed E-state index contributed by atoms with van der Waals surface area (Å²) in [7, 11) is 4.91. The maximum Gasteiger partial charge on any atom is 0.259 e. The summed E-state index contributed by atoms with van der Waals surface area (Å²) in [6, 6.07) is 10.8. The minimum Gasteiger partial charge on any atom is -0.493 e. The number of benzene rings is 2. The monoisotopic (exact) mass is 345 g/mol. The van der Waals surface area contributed by atoms with Crippen molar-refractivity contribution in [3.8, 4) is 5.75 Å². The highest BCUT2D eigenvalue weighted by atomic mass is 19.1. The lowest BCUT2D eigenvalue weighted by atomic mass is 10.1. The van der Waals surface area contributed by atoms with Crippen LogP contribution in [0.25, 0.3) is 0 Å². The van der Waals surface area contributed by atoms with Crippen LogP contribution in [-0.4, -0.2) is 44.5 Å². The van der Waals surface area contributed by atoms with Crippen molar-refractivity contribution in [3.05, 3.63) is 53.8 Å². The summed E-state index contributed by atoms with van der Waals surface area (Å²) in [4.78, 5) is 25.8. The van der Waals surface area contributed by atoms with Gasteiger partial charge in [0.15, 0.2) is 11.6 Å². The number of hydrogen-bond acceptors (Lipinski definition) is 4. The molecule has 0 heterocycles. The molecule has 0 saturated heterocycles. The fourth-order valence-electron chi connectivity index (χ4n) is 2.22. The molecule has 6 nitrogen and oxygen atoms in total. The molecule has 0 aliphatic rings. The third-order valence-electron chi connectivity index (χ3n) is 3.30. The molecular weight excluding hydrogens is 325 g/mol. The normalized spacial score (nSPS) is 10.4. The van der Waals surface area contributed by atoms with Crippen molar-refractivity contribution in [1.29, 1.82) is 0 Å². The second-order valence-electron chi connectivity index (χ2n) is 5.64. The zero-order valence-corrected chi connectivity index (χ0v) is 14.3. The number of hydrogen-bond donors (Lipinski definition) is 2. The fourth-order valence-corrected chi connectivity index (χ4v) is 2.22. The molecule has 2 aromatic carbocycles. The zero-order chi connectivity index (χ0) is 18.4. The zero-order valence-electron chi connectivity index (χ0n) is 14.3. The van der Waals surface area contributed by atoms with E-state index in [2.05, 4.69) is 10.6 Å². The molecule has 0 aliphatic heterocycles. The largest absolute Gasteiger partial charge is 0.493 e. The van der Waals surface area contributed by atoms with E-state index in [9.17, 15) is 14.0 Å². The van der Waals surface area contributed by atoms with Gasteiger partial charge in [-0.3, -0.25) is 9.59 Å². The summed E-state index contributed by atoms with van der Waals surface area (Å²) in [6.07, 6.45) is 0. The standard InChI is InChI=1S/C18H20FN3O3/c1-22(2)11-16(23)20-12-7-9-13(10-8-12)21-18(24)14-5-4-6-15(19)17(14)25-3/h4-10H,11H2,1-3H3,(H,20,23)(H,21,24). The molecule has 0 fully saturated rings. The Morgan fingerprint density at radius 1 is 1.04 bits per heavy atom. The first kappa shape index (κ1) is 18.4. The fraction of sp³-hybridized carbons (Fsp3) is 0.222. The van der Waals surface area contributed by atoms with Crippen molar-refractivity contribution < 1.29 is 18.7 Å². The van der Waals surface area contributed by atoms with Gasteiger partial charge < -0.3 is 20.3 Å². The Balaban J connectivity index is 2.05. The molecule has 132 valence electrons. The summed E-state index contributed by atoms with van der Waals surface area (Å²) in [5, 5.41) is 5.41. The van der Waals surface area contributed by atoms with Crippen LogP contribution in [0, 0.1) is 5.82 Å². The van der Waals surface area contributed by atoms with Gasteiger partial charge in [-0.2, -0.15) is 0 Å².